The lowest BCUT2D eigenvalue weighted by Gasteiger charge is -2.24. The fourth-order valence-electron chi connectivity index (χ4n) is 3.40. The number of aromatic nitrogens is 2. The van der Waals surface area contributed by atoms with E-state index >= 15 is 0 Å². The standard InChI is InChI=1S/C19H16Cl2FN5O3S2/c20-11-3-4-12(16(7-11)26-5-1-2-6-26)18(28)25-15-9-14(22)17(8-13(15)21)27(32(29)30)19-23-10-24-31-19/h3-4,7-10H,1-2,5-6H2,(H,25,28)(H,29,30)/p-1. The van der Waals surface area contributed by atoms with Crippen LogP contribution in [0.25, 0.3) is 0 Å². The summed E-state index contributed by atoms with van der Waals surface area (Å²) in [5.41, 5.74) is 0.703. The number of nitrogens with one attached hydrogen (secondary N) is 1. The van der Waals surface area contributed by atoms with Gasteiger partial charge in [-0.1, -0.05) is 23.2 Å². The fourth-order valence-corrected chi connectivity index (χ4v) is 4.98. The topological polar surface area (TPSA) is 101 Å². The Labute approximate surface area is 199 Å². The van der Waals surface area contributed by atoms with E-state index in [9.17, 15) is 17.9 Å². The number of nitrogens with zero attached hydrogens (tertiary/aromatic N) is 4. The SMILES string of the molecule is O=C(Nc1cc(F)c(N(c2ncns2)S(=O)[O-])cc1Cl)c1ccc(Cl)cc1N1CCCC1. The van der Waals surface area contributed by atoms with Crippen LogP contribution in [0.5, 0.6) is 0 Å². The van der Waals surface area contributed by atoms with Gasteiger partial charge < -0.3 is 14.8 Å². The number of carbonyl (C=O) groups excluding carboxylic acids is 1. The molecule has 0 spiro atoms. The lowest BCUT2D eigenvalue weighted by molar-refractivity contribution is 0.102. The molecule has 0 aliphatic carbocycles. The number of carbonyl (C=O) groups is 1. The molecule has 4 rings (SSSR count). The van der Waals surface area contributed by atoms with E-state index in [1.807, 2.05) is 0 Å². The van der Waals surface area contributed by atoms with Crippen LogP contribution in [0.2, 0.25) is 10.0 Å². The summed E-state index contributed by atoms with van der Waals surface area (Å²) in [5.74, 6) is -1.41. The smallest absolute Gasteiger partial charge is 0.257 e. The molecule has 8 nitrogen and oxygen atoms in total. The molecule has 168 valence electrons. The van der Waals surface area contributed by atoms with Crippen molar-refractivity contribution in [3.63, 3.8) is 0 Å². The Bertz CT molecular complexity index is 1180. The second-order valence-electron chi connectivity index (χ2n) is 6.83. The second-order valence-corrected chi connectivity index (χ2v) is 9.23. The van der Waals surface area contributed by atoms with Crippen LogP contribution in [0.4, 0.5) is 26.6 Å². The molecule has 1 N–H and O–H groups in total. The van der Waals surface area contributed by atoms with Gasteiger partial charge in [0, 0.05) is 35.7 Å². The zero-order valence-corrected chi connectivity index (χ0v) is 19.4. The largest absolute Gasteiger partial charge is 0.755 e. The molecular formula is C19H15Cl2FN5O3S2-. The molecule has 1 fully saturated rings. The summed E-state index contributed by atoms with van der Waals surface area (Å²) >= 11 is 10.3. The number of rotatable bonds is 6. The summed E-state index contributed by atoms with van der Waals surface area (Å²) in [4.78, 5) is 18.9. The normalized spacial score (nSPS) is 14.4. The van der Waals surface area contributed by atoms with Crippen molar-refractivity contribution in [2.45, 2.75) is 12.8 Å². The molecule has 0 bridgehead atoms. The van der Waals surface area contributed by atoms with Crippen molar-refractivity contribution in [3.05, 3.63) is 58.1 Å². The average molecular weight is 515 g/mol. The van der Waals surface area contributed by atoms with E-state index < -0.39 is 23.0 Å². The number of anilines is 4. The molecule has 1 amide bonds. The number of halogens is 3. The first-order chi connectivity index (χ1) is 15.3. The van der Waals surface area contributed by atoms with Gasteiger partial charge in [-0.05, 0) is 37.1 Å². The molecule has 2 heterocycles. The van der Waals surface area contributed by atoms with Crippen LogP contribution < -0.4 is 14.5 Å². The van der Waals surface area contributed by atoms with Crippen LogP contribution in [0.3, 0.4) is 0 Å². The maximum absolute atomic E-state index is 14.9. The van der Waals surface area contributed by atoms with Crippen LogP contribution in [0, 0.1) is 5.82 Å². The van der Waals surface area contributed by atoms with Crippen LogP contribution in [-0.4, -0.2) is 37.1 Å². The van der Waals surface area contributed by atoms with E-state index in [1.54, 1.807) is 18.2 Å². The summed E-state index contributed by atoms with van der Waals surface area (Å²) < 4.78 is 42.6. The fraction of sp³-hybridized carbons (Fsp3) is 0.211. The third-order valence-corrected chi connectivity index (χ3v) is 6.81. The lowest BCUT2D eigenvalue weighted by Crippen LogP contribution is -2.23. The van der Waals surface area contributed by atoms with Gasteiger partial charge in [-0.3, -0.25) is 9.00 Å². The number of amides is 1. The molecule has 2 aromatic carbocycles. The summed E-state index contributed by atoms with van der Waals surface area (Å²) in [6.45, 7) is 1.61. The lowest BCUT2D eigenvalue weighted by atomic mass is 10.1. The van der Waals surface area contributed by atoms with Crippen LogP contribution >= 0.6 is 34.7 Å². The van der Waals surface area contributed by atoms with Crippen molar-refractivity contribution >= 4 is 74.1 Å². The van der Waals surface area contributed by atoms with Crippen molar-refractivity contribution in [1.82, 2.24) is 9.36 Å². The Kier molecular flexibility index (Phi) is 6.91. The number of hydrogen-bond acceptors (Lipinski definition) is 7. The summed E-state index contributed by atoms with van der Waals surface area (Å²) in [6.07, 6.45) is 3.18. The molecule has 1 atom stereocenters. The molecule has 0 saturated carbocycles. The predicted molar refractivity (Wildman–Crippen MR) is 123 cm³/mol. The first-order valence-corrected chi connectivity index (χ1v) is 11.9. The van der Waals surface area contributed by atoms with Crippen LogP contribution in [-0.2, 0) is 11.3 Å². The van der Waals surface area contributed by atoms with Crippen molar-refractivity contribution in [2.75, 3.05) is 27.6 Å². The first kappa shape index (κ1) is 22.9. The van der Waals surface area contributed by atoms with Crippen molar-refractivity contribution in [2.24, 2.45) is 0 Å². The molecule has 1 aliphatic heterocycles. The molecule has 1 aromatic heterocycles. The predicted octanol–water partition coefficient (Wildman–Crippen LogP) is 4.77. The Balaban J connectivity index is 1.64. The monoisotopic (exact) mass is 514 g/mol. The highest BCUT2D eigenvalue weighted by Gasteiger charge is 2.23. The third kappa shape index (κ3) is 4.71. The molecule has 32 heavy (non-hydrogen) atoms. The molecule has 1 saturated heterocycles. The zero-order valence-electron chi connectivity index (χ0n) is 16.3. The highest BCUT2D eigenvalue weighted by atomic mass is 35.5. The summed E-state index contributed by atoms with van der Waals surface area (Å²) in [7, 11) is 0. The molecule has 3 aromatic rings. The van der Waals surface area contributed by atoms with Gasteiger partial charge in [0.1, 0.15) is 12.1 Å². The highest BCUT2D eigenvalue weighted by Crippen LogP contribution is 2.36. The van der Waals surface area contributed by atoms with E-state index in [1.165, 1.54) is 0 Å². The van der Waals surface area contributed by atoms with Gasteiger partial charge in [0.05, 0.1) is 38.9 Å². The quantitative estimate of drug-likeness (QED) is 0.475. The minimum absolute atomic E-state index is 0.00543. The Morgan fingerprint density at radius 1 is 1.25 bits per heavy atom. The molecule has 1 aliphatic rings. The minimum atomic E-state index is -2.87. The van der Waals surface area contributed by atoms with Gasteiger partial charge in [-0.2, -0.15) is 4.37 Å². The van der Waals surface area contributed by atoms with E-state index in [4.69, 9.17) is 23.2 Å². The van der Waals surface area contributed by atoms with Gasteiger partial charge in [0.2, 0.25) is 5.13 Å². The molecular weight excluding hydrogens is 500 g/mol. The average Bonchev–Trinajstić information content (AvgIpc) is 3.45. The maximum atomic E-state index is 14.9. The molecule has 0 radical (unpaired) electrons. The first-order valence-electron chi connectivity index (χ1n) is 9.36. The Morgan fingerprint density at radius 2 is 2.00 bits per heavy atom. The molecule has 13 heteroatoms. The van der Waals surface area contributed by atoms with E-state index in [-0.39, 0.29) is 21.5 Å². The van der Waals surface area contributed by atoms with E-state index in [0.717, 1.165) is 55.9 Å². The van der Waals surface area contributed by atoms with Gasteiger partial charge >= 0.3 is 0 Å². The summed E-state index contributed by atoms with van der Waals surface area (Å²) in [6, 6.07) is 6.98. The van der Waals surface area contributed by atoms with E-state index in [2.05, 4.69) is 19.6 Å². The van der Waals surface area contributed by atoms with E-state index in [0.29, 0.717) is 20.6 Å². The molecule has 1 unspecified atom stereocenters. The second kappa shape index (κ2) is 9.67. The highest BCUT2D eigenvalue weighted by molar-refractivity contribution is 7.81. The number of benzene rings is 2. The van der Waals surface area contributed by atoms with Crippen LogP contribution in [0.1, 0.15) is 23.2 Å². The van der Waals surface area contributed by atoms with Crippen molar-refractivity contribution in [3.8, 4) is 0 Å². The van der Waals surface area contributed by atoms with Gasteiger partial charge in [0.15, 0.2) is 0 Å². The van der Waals surface area contributed by atoms with Gasteiger partial charge in [-0.15, -0.1) is 0 Å². The zero-order chi connectivity index (χ0) is 22.8. The summed E-state index contributed by atoms with van der Waals surface area (Å²) in [5, 5.41) is 3.00. The Morgan fingerprint density at radius 3 is 2.66 bits per heavy atom. The maximum Gasteiger partial charge on any atom is 0.257 e. The van der Waals surface area contributed by atoms with Crippen molar-refractivity contribution in [1.29, 1.82) is 0 Å². The van der Waals surface area contributed by atoms with Crippen LogP contribution in [0.15, 0.2) is 36.7 Å². The van der Waals surface area contributed by atoms with Crippen molar-refractivity contribution < 1.29 is 17.9 Å². The third-order valence-electron chi connectivity index (χ3n) is 4.83. The Hall–Kier alpha value is -2.31. The van der Waals surface area contributed by atoms with Gasteiger partial charge in [-0.25, -0.2) is 13.7 Å². The number of hydrogen-bond donors (Lipinski definition) is 1. The van der Waals surface area contributed by atoms with Gasteiger partial charge in [0.25, 0.3) is 5.91 Å². The minimum Gasteiger partial charge on any atom is -0.755 e.